The number of hydrogen-bond acceptors (Lipinski definition) is 5. The molecule has 1 heterocycles. The number of amides is 1. The van der Waals surface area contributed by atoms with E-state index in [0.29, 0.717) is 21.6 Å². The predicted molar refractivity (Wildman–Crippen MR) is 118 cm³/mol. The zero-order valence-corrected chi connectivity index (χ0v) is 18.3. The van der Waals surface area contributed by atoms with E-state index < -0.39 is 0 Å². The first-order valence-electron chi connectivity index (χ1n) is 9.17. The van der Waals surface area contributed by atoms with Gasteiger partial charge in [0, 0.05) is 16.6 Å². The lowest BCUT2D eigenvalue weighted by Gasteiger charge is -2.14. The zero-order chi connectivity index (χ0) is 21.0. The Morgan fingerprint density at radius 3 is 2.72 bits per heavy atom. The standard InChI is InChI=1S/C21H23ClN4O2S/c1-13(2)26-20(15-7-5-6-14(3)10-15)24-25-21(26)29-12-19(27)23-17-11-16(22)8-9-18(17)28-4/h5-11,13H,12H2,1-4H3,(H,23,27). The van der Waals surface area contributed by atoms with Crippen LogP contribution in [0.1, 0.15) is 25.5 Å². The molecular formula is C21H23ClN4O2S. The van der Waals surface area contributed by atoms with Gasteiger partial charge in [-0.25, -0.2) is 0 Å². The number of thioether (sulfide) groups is 1. The van der Waals surface area contributed by atoms with Gasteiger partial charge >= 0.3 is 0 Å². The number of benzene rings is 2. The molecule has 0 atom stereocenters. The van der Waals surface area contributed by atoms with Crippen molar-refractivity contribution in [1.29, 1.82) is 0 Å². The summed E-state index contributed by atoms with van der Waals surface area (Å²) < 4.78 is 7.32. The summed E-state index contributed by atoms with van der Waals surface area (Å²) in [7, 11) is 1.55. The average molecular weight is 431 g/mol. The van der Waals surface area contributed by atoms with Gasteiger partial charge < -0.3 is 10.1 Å². The average Bonchev–Trinajstić information content (AvgIpc) is 3.11. The van der Waals surface area contributed by atoms with Crippen LogP contribution in [0.25, 0.3) is 11.4 Å². The van der Waals surface area contributed by atoms with Crippen LogP contribution in [0, 0.1) is 6.92 Å². The van der Waals surface area contributed by atoms with Crippen molar-refractivity contribution in [3.05, 3.63) is 53.1 Å². The highest BCUT2D eigenvalue weighted by Gasteiger charge is 2.18. The molecule has 1 aromatic heterocycles. The first kappa shape index (κ1) is 21.2. The molecule has 2 aromatic carbocycles. The molecule has 1 amide bonds. The summed E-state index contributed by atoms with van der Waals surface area (Å²) in [6.45, 7) is 6.19. The van der Waals surface area contributed by atoms with Gasteiger partial charge in [0.25, 0.3) is 0 Å². The summed E-state index contributed by atoms with van der Waals surface area (Å²) >= 11 is 7.37. The first-order chi connectivity index (χ1) is 13.9. The van der Waals surface area contributed by atoms with Gasteiger partial charge in [-0.05, 0) is 45.0 Å². The van der Waals surface area contributed by atoms with Gasteiger partial charge in [0.1, 0.15) is 5.75 Å². The largest absolute Gasteiger partial charge is 0.495 e. The van der Waals surface area contributed by atoms with Crippen molar-refractivity contribution < 1.29 is 9.53 Å². The fourth-order valence-corrected chi connectivity index (χ4v) is 3.96. The van der Waals surface area contributed by atoms with Crippen LogP contribution in [0.4, 0.5) is 5.69 Å². The van der Waals surface area contributed by atoms with Crippen molar-refractivity contribution >= 4 is 35.0 Å². The fourth-order valence-electron chi connectivity index (χ4n) is 2.92. The van der Waals surface area contributed by atoms with Crippen LogP contribution < -0.4 is 10.1 Å². The molecule has 0 bridgehead atoms. The molecule has 0 saturated carbocycles. The highest BCUT2D eigenvalue weighted by Crippen LogP contribution is 2.30. The van der Waals surface area contributed by atoms with Crippen LogP contribution >= 0.6 is 23.4 Å². The van der Waals surface area contributed by atoms with Gasteiger partial charge in [0.2, 0.25) is 5.91 Å². The van der Waals surface area contributed by atoms with Crippen molar-refractivity contribution in [1.82, 2.24) is 14.8 Å². The summed E-state index contributed by atoms with van der Waals surface area (Å²) in [5.74, 6) is 1.36. The summed E-state index contributed by atoms with van der Waals surface area (Å²) in [6.07, 6.45) is 0. The van der Waals surface area contributed by atoms with Crippen molar-refractivity contribution in [2.75, 3.05) is 18.2 Å². The quantitative estimate of drug-likeness (QED) is 0.520. The number of carbonyl (C=O) groups excluding carboxylic acids is 1. The Bertz CT molecular complexity index is 1020. The maximum atomic E-state index is 12.5. The summed E-state index contributed by atoms with van der Waals surface area (Å²) in [5.41, 5.74) is 2.70. The van der Waals surface area contributed by atoms with E-state index in [0.717, 1.165) is 17.0 Å². The molecular weight excluding hydrogens is 408 g/mol. The molecule has 8 heteroatoms. The van der Waals surface area contributed by atoms with E-state index in [1.807, 2.05) is 29.7 Å². The van der Waals surface area contributed by atoms with Crippen LogP contribution in [0.15, 0.2) is 47.6 Å². The molecule has 1 N–H and O–H groups in total. The normalized spacial score (nSPS) is 11.0. The smallest absolute Gasteiger partial charge is 0.234 e. The first-order valence-corrected chi connectivity index (χ1v) is 10.5. The topological polar surface area (TPSA) is 69.0 Å². The minimum Gasteiger partial charge on any atom is -0.495 e. The zero-order valence-electron chi connectivity index (χ0n) is 16.8. The molecule has 29 heavy (non-hydrogen) atoms. The van der Waals surface area contributed by atoms with E-state index in [2.05, 4.69) is 35.4 Å². The third kappa shape index (κ3) is 5.10. The summed E-state index contributed by atoms with van der Waals surface area (Å²) in [5, 5.41) is 12.8. The van der Waals surface area contributed by atoms with Gasteiger partial charge in [0.15, 0.2) is 11.0 Å². The number of hydrogen-bond donors (Lipinski definition) is 1. The number of aryl methyl sites for hydroxylation is 1. The molecule has 0 fully saturated rings. The minimum absolute atomic E-state index is 0.152. The molecule has 0 aliphatic heterocycles. The summed E-state index contributed by atoms with van der Waals surface area (Å²) in [4.78, 5) is 12.5. The molecule has 3 aromatic rings. The molecule has 0 saturated heterocycles. The Morgan fingerprint density at radius 2 is 2.03 bits per heavy atom. The monoisotopic (exact) mass is 430 g/mol. The predicted octanol–water partition coefficient (Wildman–Crippen LogP) is 5.23. The highest BCUT2D eigenvalue weighted by atomic mass is 35.5. The van der Waals surface area contributed by atoms with Crippen molar-refractivity contribution in [3.63, 3.8) is 0 Å². The molecule has 0 unspecified atom stereocenters. The number of aromatic nitrogens is 3. The van der Waals surface area contributed by atoms with Gasteiger partial charge in [-0.2, -0.15) is 0 Å². The van der Waals surface area contributed by atoms with Crippen molar-refractivity contribution in [2.45, 2.75) is 32.0 Å². The van der Waals surface area contributed by atoms with Gasteiger partial charge in [-0.15, -0.1) is 10.2 Å². The second-order valence-corrected chi connectivity index (χ2v) is 8.20. The van der Waals surface area contributed by atoms with E-state index in [1.165, 1.54) is 11.8 Å². The maximum absolute atomic E-state index is 12.5. The molecule has 3 rings (SSSR count). The molecule has 6 nitrogen and oxygen atoms in total. The van der Waals surface area contributed by atoms with Gasteiger partial charge in [-0.1, -0.05) is 47.1 Å². The van der Waals surface area contributed by atoms with Crippen LogP contribution in [0.5, 0.6) is 5.75 Å². The molecule has 0 aliphatic rings. The number of methoxy groups -OCH3 is 1. The maximum Gasteiger partial charge on any atom is 0.234 e. The van der Waals surface area contributed by atoms with Gasteiger partial charge in [-0.3, -0.25) is 9.36 Å². The second-order valence-electron chi connectivity index (χ2n) is 6.82. The van der Waals surface area contributed by atoms with Crippen LogP contribution in [0.2, 0.25) is 5.02 Å². The number of rotatable bonds is 7. The third-order valence-corrected chi connectivity index (χ3v) is 5.40. The summed E-state index contributed by atoms with van der Waals surface area (Å²) in [6, 6.07) is 13.4. The molecule has 152 valence electrons. The lowest BCUT2D eigenvalue weighted by Crippen LogP contribution is -2.15. The minimum atomic E-state index is -0.175. The number of carbonyl (C=O) groups is 1. The van der Waals surface area contributed by atoms with Crippen LogP contribution in [0.3, 0.4) is 0 Å². The Hall–Kier alpha value is -2.51. The van der Waals surface area contributed by atoms with E-state index in [4.69, 9.17) is 16.3 Å². The number of anilines is 1. The van der Waals surface area contributed by atoms with Crippen molar-refractivity contribution in [3.8, 4) is 17.1 Å². The Kier molecular flexibility index (Phi) is 6.82. The van der Waals surface area contributed by atoms with Crippen LogP contribution in [-0.2, 0) is 4.79 Å². The second kappa shape index (κ2) is 9.33. The van der Waals surface area contributed by atoms with E-state index in [1.54, 1.807) is 25.3 Å². The van der Waals surface area contributed by atoms with E-state index in [9.17, 15) is 4.79 Å². The SMILES string of the molecule is COc1ccc(Cl)cc1NC(=O)CSc1nnc(-c2cccc(C)c2)n1C(C)C. The lowest BCUT2D eigenvalue weighted by molar-refractivity contribution is -0.113. The lowest BCUT2D eigenvalue weighted by atomic mass is 10.1. The molecule has 0 aliphatic carbocycles. The Labute approximate surface area is 179 Å². The molecule has 0 radical (unpaired) electrons. The van der Waals surface area contributed by atoms with Crippen LogP contribution in [-0.4, -0.2) is 33.5 Å². The van der Waals surface area contributed by atoms with Gasteiger partial charge in [0.05, 0.1) is 18.6 Å². The third-order valence-electron chi connectivity index (χ3n) is 4.23. The van der Waals surface area contributed by atoms with Crippen molar-refractivity contribution in [2.24, 2.45) is 0 Å². The highest BCUT2D eigenvalue weighted by molar-refractivity contribution is 7.99. The Balaban J connectivity index is 1.76. The van der Waals surface area contributed by atoms with E-state index >= 15 is 0 Å². The number of nitrogens with one attached hydrogen (secondary N) is 1. The molecule has 0 spiro atoms. The van der Waals surface area contributed by atoms with E-state index in [-0.39, 0.29) is 17.7 Å². The number of halogens is 1. The fraction of sp³-hybridized carbons (Fsp3) is 0.286. The number of ether oxygens (including phenoxy) is 1. The Morgan fingerprint density at radius 1 is 1.24 bits per heavy atom. The number of nitrogens with zero attached hydrogens (tertiary/aromatic N) is 3.